The van der Waals surface area contributed by atoms with Gasteiger partial charge in [0.05, 0.1) is 6.61 Å². The van der Waals surface area contributed by atoms with Crippen LogP contribution in [-0.2, 0) is 6.61 Å². The van der Waals surface area contributed by atoms with Crippen molar-refractivity contribution in [3.05, 3.63) is 23.2 Å². The molecule has 0 spiro atoms. The predicted octanol–water partition coefficient (Wildman–Crippen LogP) is 0.779. The van der Waals surface area contributed by atoms with Crippen LogP contribution in [0.1, 0.15) is 21.9 Å². The molecule has 60 valence electrons. The topological polar surface area (TPSA) is 70.7 Å². The first-order chi connectivity index (χ1) is 5.15. The van der Waals surface area contributed by atoms with E-state index >= 15 is 0 Å². The van der Waals surface area contributed by atoms with Crippen molar-refractivity contribution in [2.45, 2.75) is 13.5 Å². The number of hydrogen-bond donors (Lipinski definition) is 2. The number of hydrogen-bond acceptors (Lipinski definition) is 3. The first-order valence-electron chi connectivity index (χ1n) is 3.08. The summed E-state index contributed by atoms with van der Waals surface area (Å²) in [7, 11) is 0. The molecule has 0 bridgehead atoms. The standard InChI is InChI=1S/C7H8O4/c1-4-2-5(3-8)6(11-4)7(9)10/h2,8H,3H2,1H3,(H,9,10). The van der Waals surface area contributed by atoms with Crippen molar-refractivity contribution in [3.8, 4) is 0 Å². The summed E-state index contributed by atoms with van der Waals surface area (Å²) in [5.41, 5.74) is 0.315. The van der Waals surface area contributed by atoms with E-state index in [0.717, 1.165) is 0 Å². The van der Waals surface area contributed by atoms with Crippen molar-refractivity contribution < 1.29 is 19.4 Å². The van der Waals surface area contributed by atoms with Crippen molar-refractivity contribution in [1.82, 2.24) is 0 Å². The Kier molecular flexibility index (Phi) is 1.96. The van der Waals surface area contributed by atoms with Crippen molar-refractivity contribution in [3.63, 3.8) is 0 Å². The molecule has 0 radical (unpaired) electrons. The predicted molar refractivity (Wildman–Crippen MR) is 36.3 cm³/mol. The van der Waals surface area contributed by atoms with Crippen LogP contribution in [0.25, 0.3) is 0 Å². The van der Waals surface area contributed by atoms with E-state index in [1.54, 1.807) is 6.92 Å². The number of carboxylic acid groups (broad SMARTS) is 1. The lowest BCUT2D eigenvalue weighted by atomic mass is 10.2. The summed E-state index contributed by atoms with van der Waals surface area (Å²) in [6, 6.07) is 1.50. The van der Waals surface area contributed by atoms with E-state index in [-0.39, 0.29) is 12.4 Å². The zero-order valence-electron chi connectivity index (χ0n) is 6.00. The molecule has 0 unspecified atom stereocenters. The maximum absolute atomic E-state index is 10.4. The highest BCUT2D eigenvalue weighted by atomic mass is 16.4. The van der Waals surface area contributed by atoms with Gasteiger partial charge in [-0.05, 0) is 13.0 Å². The largest absolute Gasteiger partial charge is 0.475 e. The molecule has 4 nitrogen and oxygen atoms in total. The van der Waals surface area contributed by atoms with E-state index in [9.17, 15) is 4.79 Å². The molecule has 0 saturated heterocycles. The first kappa shape index (κ1) is 7.81. The van der Waals surface area contributed by atoms with Gasteiger partial charge in [-0.2, -0.15) is 0 Å². The molecule has 0 aromatic carbocycles. The summed E-state index contributed by atoms with van der Waals surface area (Å²) in [5, 5.41) is 17.2. The summed E-state index contributed by atoms with van der Waals surface area (Å²) < 4.78 is 4.81. The Morgan fingerprint density at radius 2 is 2.36 bits per heavy atom. The number of aryl methyl sites for hydroxylation is 1. The molecule has 0 aliphatic carbocycles. The number of carbonyl (C=O) groups is 1. The fourth-order valence-corrected chi connectivity index (χ4v) is 0.865. The Morgan fingerprint density at radius 1 is 1.73 bits per heavy atom. The van der Waals surface area contributed by atoms with Crippen LogP contribution in [0.5, 0.6) is 0 Å². The third kappa shape index (κ3) is 1.40. The van der Waals surface area contributed by atoms with Crippen LogP contribution in [0.15, 0.2) is 10.5 Å². The molecule has 1 aromatic heterocycles. The van der Waals surface area contributed by atoms with Gasteiger partial charge >= 0.3 is 5.97 Å². The summed E-state index contributed by atoms with van der Waals surface area (Å²) >= 11 is 0. The molecule has 1 rings (SSSR count). The smallest absolute Gasteiger partial charge is 0.372 e. The maximum atomic E-state index is 10.4. The molecule has 11 heavy (non-hydrogen) atoms. The van der Waals surface area contributed by atoms with E-state index in [1.807, 2.05) is 0 Å². The Labute approximate surface area is 63.1 Å². The van der Waals surface area contributed by atoms with Crippen LogP contribution >= 0.6 is 0 Å². The van der Waals surface area contributed by atoms with Crippen LogP contribution in [0, 0.1) is 6.92 Å². The van der Waals surface area contributed by atoms with Crippen LogP contribution in [-0.4, -0.2) is 16.2 Å². The highest BCUT2D eigenvalue weighted by Gasteiger charge is 2.14. The minimum atomic E-state index is -1.15. The van der Waals surface area contributed by atoms with Crippen LogP contribution in [0.3, 0.4) is 0 Å². The number of carboxylic acids is 1. The van der Waals surface area contributed by atoms with Gasteiger partial charge in [-0.15, -0.1) is 0 Å². The van der Waals surface area contributed by atoms with Gasteiger partial charge in [0, 0.05) is 5.56 Å². The third-order valence-electron chi connectivity index (χ3n) is 1.30. The summed E-state index contributed by atoms with van der Waals surface area (Å²) in [6.45, 7) is 1.32. The van der Waals surface area contributed by atoms with Gasteiger partial charge in [0.15, 0.2) is 0 Å². The molecule has 1 aromatic rings. The highest BCUT2D eigenvalue weighted by Crippen LogP contribution is 2.14. The Balaban J connectivity index is 3.12. The molecule has 0 saturated carbocycles. The van der Waals surface area contributed by atoms with E-state index in [0.29, 0.717) is 11.3 Å². The van der Waals surface area contributed by atoms with Crippen molar-refractivity contribution >= 4 is 5.97 Å². The molecule has 2 N–H and O–H groups in total. The fourth-order valence-electron chi connectivity index (χ4n) is 0.865. The summed E-state index contributed by atoms with van der Waals surface area (Å²) in [4.78, 5) is 10.4. The van der Waals surface area contributed by atoms with Gasteiger partial charge in [0.2, 0.25) is 5.76 Å². The van der Waals surface area contributed by atoms with E-state index in [2.05, 4.69) is 0 Å². The van der Waals surface area contributed by atoms with Gasteiger partial charge < -0.3 is 14.6 Å². The monoisotopic (exact) mass is 156 g/mol. The number of aromatic carboxylic acids is 1. The van der Waals surface area contributed by atoms with Gasteiger partial charge in [0.25, 0.3) is 0 Å². The number of furan rings is 1. The van der Waals surface area contributed by atoms with Gasteiger partial charge in [-0.25, -0.2) is 4.79 Å². The average molecular weight is 156 g/mol. The van der Waals surface area contributed by atoms with Gasteiger partial charge in [0.1, 0.15) is 5.76 Å². The average Bonchev–Trinajstić information content (AvgIpc) is 2.30. The molecule has 0 amide bonds. The Hall–Kier alpha value is -1.29. The van der Waals surface area contributed by atoms with E-state index in [1.165, 1.54) is 6.07 Å². The second-order valence-electron chi connectivity index (χ2n) is 2.17. The van der Waals surface area contributed by atoms with E-state index in [4.69, 9.17) is 14.6 Å². The Bertz CT molecular complexity index is 274. The second kappa shape index (κ2) is 2.75. The number of aliphatic hydroxyl groups is 1. The molecule has 1 heterocycles. The SMILES string of the molecule is Cc1cc(CO)c(C(=O)O)o1. The Morgan fingerprint density at radius 3 is 2.73 bits per heavy atom. The maximum Gasteiger partial charge on any atom is 0.372 e. The zero-order valence-corrected chi connectivity index (χ0v) is 6.00. The van der Waals surface area contributed by atoms with Crippen molar-refractivity contribution in [2.24, 2.45) is 0 Å². The lowest BCUT2D eigenvalue weighted by molar-refractivity contribution is 0.0656. The van der Waals surface area contributed by atoms with Crippen LogP contribution < -0.4 is 0 Å². The molecular formula is C7H8O4. The minimum absolute atomic E-state index is 0.176. The highest BCUT2D eigenvalue weighted by molar-refractivity contribution is 5.86. The van der Waals surface area contributed by atoms with Crippen LogP contribution in [0.2, 0.25) is 0 Å². The van der Waals surface area contributed by atoms with Gasteiger partial charge in [-0.3, -0.25) is 0 Å². The van der Waals surface area contributed by atoms with Crippen molar-refractivity contribution in [1.29, 1.82) is 0 Å². The lowest BCUT2D eigenvalue weighted by Gasteiger charge is -1.89. The number of rotatable bonds is 2. The van der Waals surface area contributed by atoms with Crippen molar-refractivity contribution in [2.75, 3.05) is 0 Å². The summed E-state index contributed by atoms with van der Waals surface area (Å²) in [6.07, 6.45) is 0. The molecule has 0 aliphatic heterocycles. The quantitative estimate of drug-likeness (QED) is 0.663. The van der Waals surface area contributed by atoms with Gasteiger partial charge in [-0.1, -0.05) is 0 Å². The normalized spacial score (nSPS) is 10.0. The van der Waals surface area contributed by atoms with E-state index < -0.39 is 5.97 Å². The molecule has 0 atom stereocenters. The van der Waals surface area contributed by atoms with Crippen LogP contribution in [0.4, 0.5) is 0 Å². The fraction of sp³-hybridized carbons (Fsp3) is 0.286. The third-order valence-corrected chi connectivity index (χ3v) is 1.30. The summed E-state index contributed by atoms with van der Waals surface area (Å²) in [5.74, 6) is -0.835. The molecule has 0 fully saturated rings. The molecule has 4 heteroatoms. The second-order valence-corrected chi connectivity index (χ2v) is 2.17. The lowest BCUT2D eigenvalue weighted by Crippen LogP contribution is -1.97. The zero-order chi connectivity index (χ0) is 8.43. The molecule has 0 aliphatic rings. The minimum Gasteiger partial charge on any atom is -0.475 e. The number of aliphatic hydroxyl groups excluding tert-OH is 1. The molecular weight excluding hydrogens is 148 g/mol. The first-order valence-corrected chi connectivity index (χ1v) is 3.08.